The monoisotopic (exact) mass is 230 g/mol. The van der Waals surface area contributed by atoms with Crippen molar-refractivity contribution in [2.24, 2.45) is 0 Å². The quantitative estimate of drug-likeness (QED) is 0.766. The third-order valence-electron chi connectivity index (χ3n) is 2.03. The van der Waals surface area contributed by atoms with Gasteiger partial charge in [-0.3, -0.25) is 4.79 Å². The summed E-state index contributed by atoms with van der Waals surface area (Å²) in [6.45, 7) is 0. The number of para-hydroxylation sites is 1. The lowest BCUT2D eigenvalue weighted by molar-refractivity contribution is -0.0900. The van der Waals surface area contributed by atoms with Crippen LogP contribution in [0, 0.1) is 0 Å². The molecular weight excluding hydrogens is 225 g/mol. The highest BCUT2D eigenvalue weighted by atomic mass is 19.4. The van der Waals surface area contributed by atoms with Gasteiger partial charge in [-0.05, 0) is 12.1 Å². The summed E-state index contributed by atoms with van der Waals surface area (Å²) in [5.41, 5.74) is 0.0348. The molecule has 0 saturated heterocycles. The number of halogens is 3. The predicted molar refractivity (Wildman–Crippen MR) is 48.3 cm³/mol. The first-order valence-electron chi connectivity index (χ1n) is 4.23. The maximum Gasteiger partial charge on any atom is 0.458 e. The summed E-state index contributed by atoms with van der Waals surface area (Å²) in [4.78, 5) is 10.9. The molecular formula is C10H5F3O3. The zero-order valence-corrected chi connectivity index (χ0v) is 7.71. The molecule has 0 aliphatic carbocycles. The van der Waals surface area contributed by atoms with Crippen LogP contribution in [-0.4, -0.2) is 17.1 Å². The predicted octanol–water partition coefficient (Wildman–Crippen LogP) is 2.88. The zero-order chi connectivity index (χ0) is 11.9. The van der Waals surface area contributed by atoms with E-state index in [-0.39, 0.29) is 11.0 Å². The lowest BCUT2D eigenvalue weighted by atomic mass is 10.2. The van der Waals surface area contributed by atoms with Crippen LogP contribution in [0.1, 0.15) is 10.6 Å². The highest BCUT2D eigenvalue weighted by Gasteiger charge is 2.43. The highest BCUT2D eigenvalue weighted by Crippen LogP contribution is 2.35. The van der Waals surface area contributed by atoms with E-state index in [1.165, 1.54) is 24.3 Å². The van der Waals surface area contributed by atoms with Crippen LogP contribution < -0.4 is 0 Å². The minimum atomic E-state index is -5.06. The molecule has 0 aliphatic rings. The van der Waals surface area contributed by atoms with Crippen molar-refractivity contribution in [1.29, 1.82) is 0 Å². The van der Waals surface area contributed by atoms with Crippen LogP contribution in [0.25, 0.3) is 11.0 Å². The van der Waals surface area contributed by atoms with Crippen LogP contribution >= 0.6 is 0 Å². The number of fused-ring (bicyclic) bond motifs is 1. The fourth-order valence-corrected chi connectivity index (χ4v) is 1.31. The van der Waals surface area contributed by atoms with E-state index < -0.39 is 23.5 Å². The van der Waals surface area contributed by atoms with E-state index in [9.17, 15) is 23.1 Å². The van der Waals surface area contributed by atoms with Crippen molar-refractivity contribution in [1.82, 2.24) is 0 Å². The number of alkyl halides is 3. The van der Waals surface area contributed by atoms with Crippen molar-refractivity contribution in [2.45, 2.75) is 6.18 Å². The third kappa shape index (κ3) is 1.52. The van der Waals surface area contributed by atoms with Crippen molar-refractivity contribution in [2.75, 3.05) is 0 Å². The van der Waals surface area contributed by atoms with Crippen molar-refractivity contribution in [3.05, 3.63) is 30.0 Å². The highest BCUT2D eigenvalue weighted by molar-refractivity contribution is 6.05. The minimum absolute atomic E-state index is 0.0348. The Bertz CT molecular complexity index is 554. The van der Waals surface area contributed by atoms with Gasteiger partial charge in [-0.2, -0.15) is 13.2 Å². The van der Waals surface area contributed by atoms with Crippen LogP contribution in [0.5, 0.6) is 5.75 Å². The van der Waals surface area contributed by atoms with Crippen LogP contribution in [0.15, 0.2) is 28.7 Å². The van der Waals surface area contributed by atoms with Gasteiger partial charge in [0.15, 0.2) is 5.75 Å². The van der Waals surface area contributed by atoms with E-state index in [0.29, 0.717) is 0 Å². The molecule has 1 N–H and O–H groups in total. The Hall–Kier alpha value is -1.98. The summed E-state index contributed by atoms with van der Waals surface area (Å²) in [5, 5.41) is 9.49. The van der Waals surface area contributed by atoms with Gasteiger partial charge in [0.05, 0.1) is 5.39 Å². The van der Waals surface area contributed by atoms with E-state index in [0.717, 1.165) is 0 Å². The Morgan fingerprint density at radius 2 is 1.88 bits per heavy atom. The van der Waals surface area contributed by atoms with Gasteiger partial charge < -0.3 is 9.52 Å². The maximum atomic E-state index is 12.1. The van der Waals surface area contributed by atoms with Gasteiger partial charge in [0, 0.05) is 0 Å². The molecule has 0 spiro atoms. The van der Waals surface area contributed by atoms with Gasteiger partial charge in [0.2, 0.25) is 5.76 Å². The fourth-order valence-electron chi connectivity index (χ4n) is 1.31. The molecule has 0 bridgehead atoms. The van der Waals surface area contributed by atoms with Gasteiger partial charge in [0.1, 0.15) is 5.58 Å². The van der Waals surface area contributed by atoms with E-state index >= 15 is 0 Å². The van der Waals surface area contributed by atoms with Gasteiger partial charge in [0.25, 0.3) is 0 Å². The summed E-state index contributed by atoms with van der Waals surface area (Å²) in [6, 6.07) is 5.76. The average molecular weight is 230 g/mol. The number of furan rings is 1. The topological polar surface area (TPSA) is 50.4 Å². The van der Waals surface area contributed by atoms with Crippen LogP contribution in [-0.2, 0) is 0 Å². The molecule has 0 fully saturated rings. The molecule has 3 nitrogen and oxygen atoms in total. The summed E-state index contributed by atoms with van der Waals surface area (Å²) < 4.78 is 41.0. The maximum absolute atomic E-state index is 12.1. The van der Waals surface area contributed by atoms with Crippen molar-refractivity contribution in [3.63, 3.8) is 0 Å². The lowest BCUT2D eigenvalue weighted by Gasteiger charge is -2.01. The van der Waals surface area contributed by atoms with Gasteiger partial charge >= 0.3 is 12.0 Å². The molecule has 1 heterocycles. The number of aromatic hydroxyl groups is 1. The van der Waals surface area contributed by atoms with E-state index in [1.807, 2.05) is 0 Å². The Morgan fingerprint density at radius 1 is 1.25 bits per heavy atom. The molecule has 1 aromatic carbocycles. The Morgan fingerprint density at radius 3 is 2.44 bits per heavy atom. The van der Waals surface area contributed by atoms with E-state index in [4.69, 9.17) is 0 Å². The molecule has 0 unspecified atom stereocenters. The van der Waals surface area contributed by atoms with Gasteiger partial charge in [-0.1, -0.05) is 12.1 Å². The molecule has 0 radical (unpaired) electrons. The summed E-state index contributed by atoms with van der Waals surface area (Å²) >= 11 is 0. The molecule has 0 atom stereocenters. The SMILES string of the molecule is O=C(c1oc2ccccc2c1O)C(F)(F)F. The Kier molecular flexibility index (Phi) is 2.15. The average Bonchev–Trinajstić information content (AvgIpc) is 2.54. The Labute approximate surface area is 87.1 Å². The molecule has 0 aliphatic heterocycles. The lowest BCUT2D eigenvalue weighted by Crippen LogP contribution is -2.22. The number of hydrogen-bond acceptors (Lipinski definition) is 3. The van der Waals surface area contributed by atoms with E-state index in [2.05, 4.69) is 4.42 Å². The van der Waals surface area contributed by atoms with Crippen LogP contribution in [0.3, 0.4) is 0 Å². The molecule has 16 heavy (non-hydrogen) atoms. The molecule has 2 aromatic rings. The first kappa shape index (κ1) is 10.5. The second-order valence-electron chi connectivity index (χ2n) is 3.10. The molecule has 0 amide bonds. The number of ketones is 1. The number of carbonyl (C=O) groups is 1. The molecule has 2 rings (SSSR count). The van der Waals surface area contributed by atoms with Crippen molar-refractivity contribution < 1.29 is 27.5 Å². The summed E-state index contributed by atoms with van der Waals surface area (Å²) in [6.07, 6.45) is -5.06. The standard InChI is InChI=1S/C10H5F3O3/c11-10(12,13)9(15)8-7(14)5-3-1-2-4-6(5)16-8/h1-4,14H. The normalized spacial score (nSPS) is 11.9. The minimum Gasteiger partial charge on any atom is -0.504 e. The van der Waals surface area contributed by atoms with Gasteiger partial charge in [-0.15, -0.1) is 0 Å². The summed E-state index contributed by atoms with van der Waals surface area (Å²) in [7, 11) is 0. The number of rotatable bonds is 1. The zero-order valence-electron chi connectivity index (χ0n) is 7.71. The van der Waals surface area contributed by atoms with Gasteiger partial charge in [-0.25, -0.2) is 0 Å². The Balaban J connectivity index is 2.63. The molecule has 0 saturated carbocycles. The summed E-state index contributed by atoms with van der Waals surface area (Å²) in [5.74, 6) is -4.05. The van der Waals surface area contributed by atoms with Crippen molar-refractivity contribution >= 4 is 16.8 Å². The third-order valence-corrected chi connectivity index (χ3v) is 2.03. The molecule has 6 heteroatoms. The number of Topliss-reactive ketones (excluding diaryl/α,β-unsaturated/α-hetero) is 1. The number of hydrogen-bond donors (Lipinski definition) is 1. The molecule has 1 aromatic heterocycles. The second kappa shape index (κ2) is 3.26. The first-order valence-corrected chi connectivity index (χ1v) is 4.23. The first-order chi connectivity index (χ1) is 7.41. The number of benzene rings is 1. The second-order valence-corrected chi connectivity index (χ2v) is 3.10. The number of carbonyl (C=O) groups excluding carboxylic acids is 1. The smallest absolute Gasteiger partial charge is 0.458 e. The van der Waals surface area contributed by atoms with Crippen LogP contribution in [0.4, 0.5) is 13.2 Å². The van der Waals surface area contributed by atoms with E-state index in [1.54, 1.807) is 0 Å². The molecule has 84 valence electrons. The van der Waals surface area contributed by atoms with Crippen LogP contribution in [0.2, 0.25) is 0 Å². The fraction of sp³-hybridized carbons (Fsp3) is 0.100. The van der Waals surface area contributed by atoms with Crippen molar-refractivity contribution in [3.8, 4) is 5.75 Å². The largest absolute Gasteiger partial charge is 0.504 e.